The van der Waals surface area contributed by atoms with Crippen molar-refractivity contribution < 1.29 is 0 Å². The third kappa shape index (κ3) is 2.30. The number of nitriles is 1. The quantitative estimate of drug-likeness (QED) is 0.756. The van der Waals surface area contributed by atoms with Gasteiger partial charge >= 0.3 is 0 Å². The van der Waals surface area contributed by atoms with Gasteiger partial charge < -0.3 is 9.55 Å². The Morgan fingerprint density at radius 3 is 2.90 bits per heavy atom. The average molecular weight is 278 g/mol. The fourth-order valence-corrected chi connectivity index (χ4v) is 1.94. The Balaban J connectivity index is 2.26. The molecule has 3 heterocycles. The lowest BCUT2D eigenvalue weighted by Crippen LogP contribution is -2.15. The zero-order chi connectivity index (χ0) is 14.8. The fourth-order valence-electron chi connectivity index (χ4n) is 1.94. The third-order valence-electron chi connectivity index (χ3n) is 2.91. The average Bonchev–Trinajstić information content (AvgIpc) is 2.94. The molecule has 0 fully saturated rings. The molecule has 0 atom stereocenters. The molecule has 7 nitrogen and oxygen atoms in total. The molecule has 0 aliphatic heterocycles. The van der Waals surface area contributed by atoms with Crippen molar-refractivity contribution in [2.75, 3.05) is 0 Å². The Kier molecular flexibility index (Phi) is 3.04. The molecule has 0 saturated carbocycles. The van der Waals surface area contributed by atoms with Gasteiger partial charge in [-0.15, -0.1) is 0 Å². The molecule has 0 aliphatic rings. The summed E-state index contributed by atoms with van der Waals surface area (Å²) in [7, 11) is 1.80. The van der Waals surface area contributed by atoms with Gasteiger partial charge in [0.25, 0.3) is 5.56 Å². The Hall–Kier alpha value is -3.27. The summed E-state index contributed by atoms with van der Waals surface area (Å²) in [4.78, 5) is 27.2. The van der Waals surface area contributed by atoms with E-state index in [4.69, 9.17) is 0 Å². The summed E-state index contributed by atoms with van der Waals surface area (Å²) in [5, 5.41) is 9.17. The smallest absolute Gasteiger partial charge is 0.269 e. The maximum atomic E-state index is 12.1. The van der Waals surface area contributed by atoms with Crippen molar-refractivity contribution in [1.82, 2.24) is 24.5 Å². The second kappa shape index (κ2) is 5.02. The molecule has 3 rings (SSSR count). The summed E-state index contributed by atoms with van der Waals surface area (Å²) < 4.78 is 1.73. The van der Waals surface area contributed by atoms with Crippen LogP contribution in [-0.2, 0) is 7.05 Å². The van der Waals surface area contributed by atoms with Crippen LogP contribution in [0.5, 0.6) is 0 Å². The van der Waals surface area contributed by atoms with Crippen LogP contribution in [0.2, 0.25) is 0 Å². The SMILES string of the molecule is Cn1cnc(-c2nc(-c3cccnc3)[nH]c(=O)c2C#N)c1. The van der Waals surface area contributed by atoms with Crippen LogP contribution < -0.4 is 5.56 Å². The van der Waals surface area contributed by atoms with Gasteiger partial charge in [-0.1, -0.05) is 0 Å². The highest BCUT2D eigenvalue weighted by atomic mass is 16.1. The van der Waals surface area contributed by atoms with Crippen molar-refractivity contribution in [3.05, 3.63) is 53.0 Å². The molecule has 102 valence electrons. The number of aryl methyl sites for hydroxylation is 1. The minimum absolute atomic E-state index is 0.0543. The molecule has 3 aromatic rings. The minimum Gasteiger partial charge on any atom is -0.340 e. The summed E-state index contributed by atoms with van der Waals surface area (Å²) in [6, 6.07) is 5.40. The van der Waals surface area contributed by atoms with E-state index < -0.39 is 5.56 Å². The number of hydrogen-bond donors (Lipinski definition) is 1. The maximum absolute atomic E-state index is 12.1. The van der Waals surface area contributed by atoms with Crippen LogP contribution in [-0.4, -0.2) is 24.5 Å². The number of nitrogens with zero attached hydrogens (tertiary/aromatic N) is 5. The van der Waals surface area contributed by atoms with Crippen molar-refractivity contribution in [3.8, 4) is 28.8 Å². The number of imidazole rings is 1. The largest absolute Gasteiger partial charge is 0.340 e. The first-order valence-corrected chi connectivity index (χ1v) is 6.12. The van der Waals surface area contributed by atoms with Crippen LogP contribution in [0.25, 0.3) is 22.8 Å². The molecule has 0 aliphatic carbocycles. The number of rotatable bonds is 2. The highest BCUT2D eigenvalue weighted by Gasteiger charge is 2.15. The lowest BCUT2D eigenvalue weighted by molar-refractivity contribution is 0.913. The van der Waals surface area contributed by atoms with Crippen LogP contribution in [0.15, 0.2) is 41.8 Å². The molecule has 0 aromatic carbocycles. The Morgan fingerprint density at radius 2 is 2.29 bits per heavy atom. The van der Waals surface area contributed by atoms with E-state index in [-0.39, 0.29) is 11.3 Å². The molecule has 21 heavy (non-hydrogen) atoms. The van der Waals surface area contributed by atoms with Crippen molar-refractivity contribution in [3.63, 3.8) is 0 Å². The maximum Gasteiger partial charge on any atom is 0.269 e. The van der Waals surface area contributed by atoms with Crippen LogP contribution in [0.3, 0.4) is 0 Å². The molecule has 7 heteroatoms. The van der Waals surface area contributed by atoms with Crippen LogP contribution in [0, 0.1) is 11.3 Å². The van der Waals surface area contributed by atoms with E-state index in [1.165, 1.54) is 0 Å². The number of nitrogens with one attached hydrogen (secondary N) is 1. The third-order valence-corrected chi connectivity index (χ3v) is 2.91. The summed E-state index contributed by atoms with van der Waals surface area (Å²) in [6.45, 7) is 0. The minimum atomic E-state index is -0.494. The van der Waals surface area contributed by atoms with Crippen LogP contribution in [0.4, 0.5) is 0 Å². The zero-order valence-corrected chi connectivity index (χ0v) is 11.1. The van der Waals surface area contributed by atoms with Crippen molar-refractivity contribution in [1.29, 1.82) is 5.26 Å². The molecule has 0 spiro atoms. The normalized spacial score (nSPS) is 10.3. The van der Waals surface area contributed by atoms with Crippen molar-refractivity contribution in [2.24, 2.45) is 7.05 Å². The van der Waals surface area contributed by atoms with Gasteiger partial charge in [0.05, 0.1) is 6.33 Å². The summed E-state index contributed by atoms with van der Waals surface area (Å²) in [6.07, 6.45) is 6.51. The molecule has 3 aromatic heterocycles. The van der Waals surface area contributed by atoms with Crippen LogP contribution >= 0.6 is 0 Å². The topological polar surface area (TPSA) is 100 Å². The molecule has 1 N–H and O–H groups in total. The molecule has 0 unspecified atom stereocenters. The summed E-state index contributed by atoms with van der Waals surface area (Å²) >= 11 is 0. The van der Waals surface area contributed by atoms with Crippen LogP contribution in [0.1, 0.15) is 5.56 Å². The van der Waals surface area contributed by atoms with E-state index >= 15 is 0 Å². The highest BCUT2D eigenvalue weighted by Crippen LogP contribution is 2.20. The summed E-state index contributed by atoms with van der Waals surface area (Å²) in [5.74, 6) is 0.354. The van der Waals surface area contributed by atoms with Crippen molar-refractivity contribution >= 4 is 0 Å². The van der Waals surface area contributed by atoms with Gasteiger partial charge in [0.2, 0.25) is 0 Å². The molecule has 0 saturated heterocycles. The molecule has 0 radical (unpaired) electrons. The van der Waals surface area contributed by atoms with Gasteiger partial charge in [-0.3, -0.25) is 9.78 Å². The number of H-pyrrole nitrogens is 1. The lowest BCUT2D eigenvalue weighted by Gasteiger charge is -2.04. The first-order valence-electron chi connectivity index (χ1n) is 6.12. The number of hydrogen-bond acceptors (Lipinski definition) is 5. The van der Waals surface area contributed by atoms with E-state index in [9.17, 15) is 10.1 Å². The van der Waals surface area contributed by atoms with E-state index in [0.717, 1.165) is 0 Å². The van der Waals surface area contributed by atoms with Gasteiger partial charge in [0.1, 0.15) is 28.8 Å². The Bertz CT molecular complexity index is 888. The fraction of sp³-hybridized carbons (Fsp3) is 0.0714. The standard InChI is InChI=1S/C14H10N6O/c1-20-7-11(17-8-20)12-10(5-15)14(21)19-13(18-12)9-3-2-4-16-6-9/h2-4,6-8H,1H3,(H,18,19,21). The predicted molar refractivity (Wildman–Crippen MR) is 75.0 cm³/mol. The van der Waals surface area contributed by atoms with E-state index in [0.29, 0.717) is 17.1 Å². The second-order valence-corrected chi connectivity index (χ2v) is 4.42. The Morgan fingerprint density at radius 1 is 1.43 bits per heavy atom. The predicted octanol–water partition coefficient (Wildman–Crippen LogP) is 1.10. The van der Waals surface area contributed by atoms with Crippen molar-refractivity contribution in [2.45, 2.75) is 0 Å². The van der Waals surface area contributed by atoms with Gasteiger partial charge in [0.15, 0.2) is 0 Å². The van der Waals surface area contributed by atoms with Gasteiger partial charge in [0, 0.05) is 31.2 Å². The zero-order valence-electron chi connectivity index (χ0n) is 11.1. The first-order chi connectivity index (χ1) is 10.2. The summed E-state index contributed by atoms with van der Waals surface area (Å²) in [5.41, 5.74) is 0.857. The van der Waals surface area contributed by atoms with Gasteiger partial charge in [-0.25, -0.2) is 9.97 Å². The number of aromatic nitrogens is 5. The molecule has 0 amide bonds. The van der Waals surface area contributed by atoms with E-state index in [1.807, 2.05) is 6.07 Å². The Labute approximate surface area is 119 Å². The lowest BCUT2D eigenvalue weighted by atomic mass is 10.2. The molecule has 0 bridgehead atoms. The first kappa shape index (κ1) is 12.7. The van der Waals surface area contributed by atoms with E-state index in [2.05, 4.69) is 19.9 Å². The van der Waals surface area contributed by atoms with Gasteiger partial charge in [-0.05, 0) is 12.1 Å². The van der Waals surface area contributed by atoms with E-state index in [1.54, 1.807) is 48.7 Å². The number of aromatic amines is 1. The second-order valence-electron chi connectivity index (χ2n) is 4.42. The monoisotopic (exact) mass is 278 g/mol. The highest BCUT2D eigenvalue weighted by molar-refractivity contribution is 5.65. The molecular weight excluding hydrogens is 268 g/mol. The molecular formula is C14H10N6O. The van der Waals surface area contributed by atoms with Gasteiger partial charge in [-0.2, -0.15) is 5.26 Å². The number of pyridine rings is 1.